The van der Waals surface area contributed by atoms with Gasteiger partial charge in [0, 0.05) is 0 Å². The van der Waals surface area contributed by atoms with Crippen LogP contribution in [0.5, 0.6) is 0 Å². The second-order valence-corrected chi connectivity index (χ2v) is 1.26. The van der Waals surface area contributed by atoms with E-state index in [2.05, 4.69) is 4.74 Å². The Morgan fingerprint density at radius 1 is 1.44 bits per heavy atom. The van der Waals surface area contributed by atoms with E-state index in [0.29, 0.717) is 0 Å². The van der Waals surface area contributed by atoms with Gasteiger partial charge in [-0.15, -0.1) is 0 Å². The minimum absolute atomic E-state index is 0.969. The molecule has 54 valence electrons. The van der Waals surface area contributed by atoms with Crippen LogP contribution in [0.25, 0.3) is 0 Å². The molecule has 6 nitrogen and oxygen atoms in total. The Bertz CT molecular complexity index is 101. The second-order valence-electron chi connectivity index (χ2n) is 1.26. The van der Waals surface area contributed by atoms with Crippen molar-refractivity contribution in [3.05, 3.63) is 0 Å². The maximum absolute atomic E-state index is 9.59. The van der Waals surface area contributed by atoms with Crippen molar-refractivity contribution in [3.63, 3.8) is 0 Å². The molecule has 0 aliphatic heterocycles. The van der Waals surface area contributed by atoms with E-state index >= 15 is 0 Å². The van der Waals surface area contributed by atoms with Crippen molar-refractivity contribution in [3.8, 4) is 0 Å². The van der Waals surface area contributed by atoms with E-state index in [0.717, 1.165) is 0 Å². The summed E-state index contributed by atoms with van der Waals surface area (Å²) in [4.78, 5) is 9.59. The van der Waals surface area contributed by atoms with Crippen LogP contribution < -0.4 is 0 Å². The van der Waals surface area contributed by atoms with Gasteiger partial charge in [0.05, 0.1) is 0 Å². The predicted molar refractivity (Wildman–Crippen MR) is 23.0 cm³/mol. The number of hydrogen-bond donors (Lipinski definition) is 4. The fourth-order valence-corrected chi connectivity index (χ4v) is 0.159. The molecule has 0 fully saturated rings. The molecule has 9 heavy (non-hydrogen) atoms. The van der Waals surface area contributed by atoms with Crippen LogP contribution in [0.15, 0.2) is 0 Å². The molecule has 0 amide bonds. The van der Waals surface area contributed by atoms with Gasteiger partial charge < -0.3 is 20.4 Å². The zero-order chi connectivity index (χ0) is 7.49. The molecule has 6 heteroatoms. The van der Waals surface area contributed by atoms with Crippen LogP contribution in [0.4, 0.5) is 0 Å². The molecular weight excluding hydrogens is 132 g/mol. The Kier molecular flexibility index (Phi) is 2.53. The molecule has 0 radical (unpaired) electrons. The predicted octanol–water partition coefficient (Wildman–Crippen LogP) is -2.32. The number of carboxylic acid groups (broad SMARTS) is 1. The third-order valence-corrected chi connectivity index (χ3v) is 0.389. The first kappa shape index (κ1) is 8.31. The number of ether oxygens (including phenoxy) is 1. The minimum Gasteiger partial charge on any atom is -0.480 e. The van der Waals surface area contributed by atoms with Gasteiger partial charge in [-0.2, -0.15) is 0 Å². The van der Waals surface area contributed by atoms with E-state index in [1.165, 1.54) is 0 Å². The molecule has 0 spiro atoms. The first-order valence-corrected chi connectivity index (χ1v) is 1.94. The fourth-order valence-electron chi connectivity index (χ4n) is 0.159. The zero-order valence-corrected chi connectivity index (χ0v) is 4.31. The first-order chi connectivity index (χ1) is 3.92. The molecule has 0 unspecified atom stereocenters. The normalized spacial score (nSPS) is 11.4. The van der Waals surface area contributed by atoms with Gasteiger partial charge in [0.2, 0.25) is 0 Å². The van der Waals surface area contributed by atoms with Gasteiger partial charge >= 0.3 is 12.1 Å². The fraction of sp³-hybridized carbons (Fsp3) is 0.667. The average molecular weight is 138 g/mol. The standard InChI is InChI=1S/C3H6O6/c4-2(5)1-9-3(6,7)8/h6-8H,1H2,(H,4,5). The van der Waals surface area contributed by atoms with Crippen molar-refractivity contribution in [2.75, 3.05) is 6.61 Å². The van der Waals surface area contributed by atoms with Crippen LogP contribution >= 0.6 is 0 Å². The summed E-state index contributed by atoms with van der Waals surface area (Å²) in [5.74, 6) is -1.41. The van der Waals surface area contributed by atoms with Crippen molar-refractivity contribution in [1.29, 1.82) is 0 Å². The molecule has 0 aromatic carbocycles. The average Bonchev–Trinajstić information content (AvgIpc) is 1.59. The summed E-state index contributed by atoms with van der Waals surface area (Å²) in [5.41, 5.74) is 0. The van der Waals surface area contributed by atoms with Gasteiger partial charge in [0.15, 0.2) is 6.61 Å². The van der Waals surface area contributed by atoms with Crippen molar-refractivity contribution in [2.24, 2.45) is 0 Å². The number of carbonyl (C=O) groups is 1. The second kappa shape index (κ2) is 2.74. The number of rotatable bonds is 3. The molecule has 0 heterocycles. The molecule has 0 rings (SSSR count). The third kappa shape index (κ3) is 7.31. The summed E-state index contributed by atoms with van der Waals surface area (Å²) in [5, 5.41) is 31.5. The highest BCUT2D eigenvalue weighted by molar-refractivity contribution is 5.67. The number of hydrogen-bond acceptors (Lipinski definition) is 5. The molecule has 0 bridgehead atoms. The Morgan fingerprint density at radius 3 is 2.00 bits per heavy atom. The van der Waals surface area contributed by atoms with Crippen molar-refractivity contribution >= 4 is 5.97 Å². The van der Waals surface area contributed by atoms with E-state index in [-0.39, 0.29) is 0 Å². The highest BCUT2D eigenvalue weighted by atomic mass is 16.9. The molecule has 0 aromatic heterocycles. The monoisotopic (exact) mass is 138 g/mol. The van der Waals surface area contributed by atoms with Gasteiger partial charge in [-0.3, -0.25) is 4.74 Å². The van der Waals surface area contributed by atoms with Crippen LogP contribution in [-0.2, 0) is 9.53 Å². The molecule has 0 atom stereocenters. The Morgan fingerprint density at radius 2 is 1.89 bits per heavy atom. The van der Waals surface area contributed by atoms with E-state index in [4.69, 9.17) is 20.4 Å². The van der Waals surface area contributed by atoms with E-state index in [1.54, 1.807) is 0 Å². The maximum atomic E-state index is 9.59. The summed E-state index contributed by atoms with van der Waals surface area (Å²) >= 11 is 0. The van der Waals surface area contributed by atoms with Gasteiger partial charge in [-0.05, 0) is 0 Å². The highest BCUT2D eigenvalue weighted by Crippen LogP contribution is 1.92. The zero-order valence-electron chi connectivity index (χ0n) is 4.31. The minimum atomic E-state index is -3.35. The molecule has 0 aliphatic rings. The SMILES string of the molecule is O=C(O)COC(O)(O)O. The van der Waals surface area contributed by atoms with Crippen LogP contribution in [0.2, 0.25) is 0 Å². The summed E-state index contributed by atoms with van der Waals surface area (Å²) in [7, 11) is 0. The smallest absolute Gasteiger partial charge is 0.405 e. The molecule has 0 saturated heterocycles. The Labute approximate surface area is 49.9 Å². The van der Waals surface area contributed by atoms with E-state index in [1.807, 2.05) is 0 Å². The number of carboxylic acids is 1. The summed E-state index contributed by atoms with van der Waals surface area (Å²) in [6, 6.07) is 0. The van der Waals surface area contributed by atoms with Gasteiger partial charge in [-0.25, -0.2) is 4.79 Å². The van der Waals surface area contributed by atoms with Gasteiger partial charge in [-0.1, -0.05) is 0 Å². The van der Waals surface area contributed by atoms with E-state index in [9.17, 15) is 4.79 Å². The first-order valence-electron chi connectivity index (χ1n) is 1.94. The lowest BCUT2D eigenvalue weighted by atomic mass is 10.7. The Hall–Kier alpha value is -0.690. The lowest BCUT2D eigenvalue weighted by molar-refractivity contribution is -0.452. The van der Waals surface area contributed by atoms with Crippen molar-refractivity contribution < 1.29 is 30.0 Å². The largest absolute Gasteiger partial charge is 0.480 e. The van der Waals surface area contributed by atoms with Crippen LogP contribution in [0.1, 0.15) is 0 Å². The lowest BCUT2D eigenvalue weighted by Gasteiger charge is -2.11. The topological polar surface area (TPSA) is 107 Å². The Balaban J connectivity index is 3.39. The summed E-state index contributed by atoms with van der Waals surface area (Å²) in [6.07, 6.45) is -3.35. The summed E-state index contributed by atoms with van der Waals surface area (Å²) < 4.78 is 3.56. The van der Waals surface area contributed by atoms with Crippen molar-refractivity contribution in [2.45, 2.75) is 6.16 Å². The number of aliphatic carboxylic acids is 1. The summed E-state index contributed by atoms with van der Waals surface area (Å²) in [6.45, 7) is -0.969. The quantitative estimate of drug-likeness (QED) is 0.326. The van der Waals surface area contributed by atoms with Crippen LogP contribution in [-0.4, -0.2) is 39.2 Å². The van der Waals surface area contributed by atoms with Gasteiger partial charge in [0.1, 0.15) is 0 Å². The molecule has 4 N–H and O–H groups in total. The van der Waals surface area contributed by atoms with Crippen LogP contribution in [0, 0.1) is 0 Å². The molecule has 0 aromatic rings. The third-order valence-electron chi connectivity index (χ3n) is 0.389. The number of aliphatic hydroxyl groups is 3. The van der Waals surface area contributed by atoms with Crippen LogP contribution in [0.3, 0.4) is 0 Å². The van der Waals surface area contributed by atoms with Gasteiger partial charge in [0.25, 0.3) is 0 Å². The highest BCUT2D eigenvalue weighted by Gasteiger charge is 2.20. The van der Waals surface area contributed by atoms with Crippen molar-refractivity contribution in [1.82, 2.24) is 0 Å². The van der Waals surface area contributed by atoms with E-state index < -0.39 is 18.7 Å². The molecular formula is C3H6O6. The lowest BCUT2D eigenvalue weighted by Crippen LogP contribution is -2.33. The molecule has 0 saturated carbocycles. The maximum Gasteiger partial charge on any atom is 0.405 e. The molecule has 0 aliphatic carbocycles.